The highest BCUT2D eigenvalue weighted by atomic mass is 19.4. The highest BCUT2D eigenvalue weighted by molar-refractivity contribution is 5.74. The van der Waals surface area contributed by atoms with Crippen LogP contribution in [0.1, 0.15) is 46.0 Å². The summed E-state index contributed by atoms with van der Waals surface area (Å²) in [5.41, 5.74) is -2.63. The van der Waals surface area contributed by atoms with E-state index in [2.05, 4.69) is 19.2 Å². The molecule has 0 bridgehead atoms. The zero-order valence-electron chi connectivity index (χ0n) is 12.5. The van der Waals surface area contributed by atoms with Gasteiger partial charge in [-0.3, -0.25) is 0 Å². The topological polar surface area (TPSA) is 52.6 Å². The zero-order chi connectivity index (χ0) is 15.9. The van der Waals surface area contributed by atoms with Gasteiger partial charge in [0.2, 0.25) is 0 Å². The molecule has 4 nitrogen and oxygen atoms in total. The monoisotopic (exact) mass is 308 g/mol. The Hall–Kier alpha value is -0.980. The van der Waals surface area contributed by atoms with Crippen molar-refractivity contribution in [3.63, 3.8) is 0 Å². The van der Waals surface area contributed by atoms with Crippen LogP contribution in [0.5, 0.6) is 0 Å². The third-order valence-corrected chi connectivity index (χ3v) is 4.96. The molecule has 2 aliphatic rings. The van der Waals surface area contributed by atoms with Crippen molar-refractivity contribution in [3.8, 4) is 0 Å². The van der Waals surface area contributed by atoms with Crippen LogP contribution in [-0.2, 0) is 0 Å². The minimum absolute atomic E-state index is 0.0259. The molecule has 0 aromatic heterocycles. The highest BCUT2D eigenvalue weighted by Gasteiger charge is 2.55. The second-order valence-electron chi connectivity index (χ2n) is 6.90. The van der Waals surface area contributed by atoms with E-state index in [1.165, 1.54) is 4.90 Å². The lowest BCUT2D eigenvalue weighted by Crippen LogP contribution is -2.57. The van der Waals surface area contributed by atoms with Crippen molar-refractivity contribution in [1.29, 1.82) is 0 Å². The van der Waals surface area contributed by atoms with Crippen molar-refractivity contribution in [3.05, 3.63) is 0 Å². The summed E-state index contributed by atoms with van der Waals surface area (Å²) >= 11 is 0. The van der Waals surface area contributed by atoms with Gasteiger partial charge in [-0.15, -0.1) is 0 Å². The second-order valence-corrected chi connectivity index (χ2v) is 6.90. The number of nitrogens with zero attached hydrogens (tertiary/aromatic N) is 1. The number of urea groups is 1. The number of amides is 2. The van der Waals surface area contributed by atoms with Gasteiger partial charge < -0.3 is 15.3 Å². The van der Waals surface area contributed by atoms with Gasteiger partial charge in [-0.2, -0.15) is 13.2 Å². The average molecular weight is 308 g/mol. The van der Waals surface area contributed by atoms with Gasteiger partial charge >= 0.3 is 12.2 Å². The first-order chi connectivity index (χ1) is 9.55. The maximum absolute atomic E-state index is 12.7. The molecule has 2 amide bonds. The normalized spacial score (nSPS) is 28.5. The Labute approximate surface area is 122 Å². The minimum atomic E-state index is -4.64. The molecule has 1 atom stereocenters. The molecule has 2 N–H and O–H groups in total. The predicted octanol–water partition coefficient (Wildman–Crippen LogP) is 2.66. The molecule has 21 heavy (non-hydrogen) atoms. The van der Waals surface area contributed by atoms with Crippen molar-refractivity contribution < 1.29 is 23.1 Å². The summed E-state index contributed by atoms with van der Waals surface area (Å²) in [5.74, 6) is 0. The molecule has 1 aliphatic heterocycles. The molecule has 0 aromatic rings. The van der Waals surface area contributed by atoms with E-state index in [4.69, 9.17) is 0 Å². The average Bonchev–Trinajstić information content (AvgIpc) is 2.68. The molecule has 1 heterocycles. The number of hydrogen-bond acceptors (Lipinski definition) is 2. The lowest BCUT2D eigenvalue weighted by atomic mass is 9.87. The Kier molecular flexibility index (Phi) is 4.17. The molecule has 7 heteroatoms. The Bertz CT molecular complexity index is 402. The van der Waals surface area contributed by atoms with Crippen LogP contribution in [0.15, 0.2) is 0 Å². The lowest BCUT2D eigenvalue weighted by molar-refractivity contribution is -0.271. The quantitative estimate of drug-likeness (QED) is 0.782. The van der Waals surface area contributed by atoms with Crippen molar-refractivity contribution >= 4 is 6.03 Å². The minimum Gasteiger partial charge on any atom is -0.380 e. The van der Waals surface area contributed by atoms with E-state index < -0.39 is 24.6 Å². The van der Waals surface area contributed by atoms with Crippen LogP contribution < -0.4 is 5.32 Å². The summed E-state index contributed by atoms with van der Waals surface area (Å²) in [6.07, 6.45) is -2.57. The number of halogens is 3. The summed E-state index contributed by atoms with van der Waals surface area (Å²) in [6.45, 7) is 4.02. The molecule has 2 fully saturated rings. The van der Waals surface area contributed by atoms with E-state index in [0.29, 0.717) is 0 Å². The summed E-state index contributed by atoms with van der Waals surface area (Å²) in [4.78, 5) is 13.5. The number of aliphatic hydroxyl groups is 1. The van der Waals surface area contributed by atoms with E-state index in [1.807, 2.05) is 0 Å². The van der Waals surface area contributed by atoms with E-state index in [9.17, 15) is 23.1 Å². The van der Waals surface area contributed by atoms with E-state index >= 15 is 0 Å². The van der Waals surface area contributed by atoms with Gasteiger partial charge in [-0.25, -0.2) is 4.79 Å². The number of piperidine rings is 1. The van der Waals surface area contributed by atoms with Crippen LogP contribution in [0.4, 0.5) is 18.0 Å². The lowest BCUT2D eigenvalue weighted by Gasteiger charge is -2.40. The van der Waals surface area contributed by atoms with Gasteiger partial charge in [-0.05, 0) is 18.3 Å². The molecule has 122 valence electrons. The molecule has 1 unspecified atom stereocenters. The van der Waals surface area contributed by atoms with Crippen LogP contribution in [0, 0.1) is 5.41 Å². The van der Waals surface area contributed by atoms with Gasteiger partial charge in [0.05, 0.1) is 0 Å². The van der Waals surface area contributed by atoms with Gasteiger partial charge in [0, 0.05) is 32.0 Å². The molecule has 1 saturated heterocycles. The maximum Gasteiger partial charge on any atom is 0.417 e. The molecule has 0 radical (unpaired) electrons. The number of hydrogen-bond donors (Lipinski definition) is 2. The van der Waals surface area contributed by atoms with E-state index in [1.54, 1.807) is 0 Å². The fourth-order valence-electron chi connectivity index (χ4n) is 3.20. The standard InChI is InChI=1S/C14H23F3N2O2/c1-12(2)5-3-4-10(12)18-11(20)19-8-6-13(21,7-9-19)14(15,16)17/h10,21H,3-9H2,1-2H3,(H,18,20). The van der Waals surface area contributed by atoms with Crippen molar-refractivity contribution in [2.24, 2.45) is 5.41 Å². The van der Waals surface area contributed by atoms with Crippen molar-refractivity contribution in [1.82, 2.24) is 10.2 Å². The number of likely N-dealkylation sites (tertiary alicyclic amines) is 1. The Balaban J connectivity index is 1.89. The molecule has 1 aliphatic carbocycles. The summed E-state index contributed by atoms with van der Waals surface area (Å²) in [7, 11) is 0. The molecular weight excluding hydrogens is 285 g/mol. The van der Waals surface area contributed by atoms with Crippen LogP contribution >= 0.6 is 0 Å². The summed E-state index contributed by atoms with van der Waals surface area (Å²) < 4.78 is 38.1. The Morgan fingerprint density at radius 3 is 2.24 bits per heavy atom. The number of carbonyl (C=O) groups is 1. The van der Waals surface area contributed by atoms with Gasteiger partial charge in [0.25, 0.3) is 0 Å². The molecular formula is C14H23F3N2O2. The van der Waals surface area contributed by atoms with Gasteiger partial charge in [0.15, 0.2) is 5.60 Å². The fraction of sp³-hybridized carbons (Fsp3) is 0.929. The largest absolute Gasteiger partial charge is 0.417 e. The number of alkyl halides is 3. The van der Waals surface area contributed by atoms with Crippen LogP contribution in [0.25, 0.3) is 0 Å². The van der Waals surface area contributed by atoms with E-state index in [-0.39, 0.29) is 30.6 Å². The van der Waals surface area contributed by atoms with Crippen LogP contribution in [-0.4, -0.2) is 46.9 Å². The predicted molar refractivity (Wildman–Crippen MR) is 71.8 cm³/mol. The first-order valence-electron chi connectivity index (χ1n) is 7.40. The SMILES string of the molecule is CC1(C)CCCC1NC(=O)N1CCC(O)(C(F)(F)F)CC1. The first kappa shape index (κ1) is 16.4. The van der Waals surface area contributed by atoms with E-state index in [0.717, 1.165) is 19.3 Å². The molecule has 2 rings (SSSR count). The number of carbonyl (C=O) groups excluding carboxylic acids is 1. The third-order valence-electron chi connectivity index (χ3n) is 4.96. The number of nitrogens with one attached hydrogen (secondary N) is 1. The van der Waals surface area contributed by atoms with Gasteiger partial charge in [-0.1, -0.05) is 20.3 Å². The number of rotatable bonds is 1. The fourth-order valence-corrected chi connectivity index (χ4v) is 3.20. The molecule has 1 saturated carbocycles. The van der Waals surface area contributed by atoms with Crippen molar-refractivity contribution in [2.75, 3.05) is 13.1 Å². The zero-order valence-corrected chi connectivity index (χ0v) is 12.5. The van der Waals surface area contributed by atoms with Gasteiger partial charge in [0.1, 0.15) is 0 Å². The van der Waals surface area contributed by atoms with Crippen LogP contribution in [0.2, 0.25) is 0 Å². The smallest absolute Gasteiger partial charge is 0.380 e. The first-order valence-corrected chi connectivity index (χ1v) is 7.40. The maximum atomic E-state index is 12.7. The summed E-state index contributed by atoms with van der Waals surface area (Å²) in [6, 6.07) is -0.257. The Morgan fingerprint density at radius 2 is 1.81 bits per heavy atom. The highest BCUT2D eigenvalue weighted by Crippen LogP contribution is 2.39. The summed E-state index contributed by atoms with van der Waals surface area (Å²) in [5, 5.41) is 12.5. The second kappa shape index (κ2) is 5.34. The third kappa shape index (κ3) is 3.27. The van der Waals surface area contributed by atoms with Crippen molar-refractivity contribution in [2.45, 2.75) is 63.8 Å². The Morgan fingerprint density at radius 1 is 1.24 bits per heavy atom. The molecule has 0 aromatic carbocycles. The molecule has 0 spiro atoms. The van der Waals surface area contributed by atoms with Crippen LogP contribution in [0.3, 0.4) is 0 Å².